The number of hydrogen-bond acceptors (Lipinski definition) is 2. The van der Waals surface area contributed by atoms with Crippen LogP contribution >= 0.6 is 0 Å². The zero-order chi connectivity index (χ0) is 16.3. The fourth-order valence-electron chi connectivity index (χ4n) is 2.08. The predicted octanol–water partition coefficient (Wildman–Crippen LogP) is 4.32. The fraction of sp³-hybridized carbons (Fsp3) is 0.188. The number of para-hydroxylation sites is 1. The molecule has 0 aliphatic carbocycles. The summed E-state index contributed by atoms with van der Waals surface area (Å²) < 4.78 is 37.5. The van der Waals surface area contributed by atoms with E-state index >= 15 is 0 Å². The first-order valence-electron chi connectivity index (χ1n) is 6.52. The van der Waals surface area contributed by atoms with Gasteiger partial charge in [-0.15, -0.1) is 0 Å². The molecule has 0 aliphatic heterocycles. The van der Waals surface area contributed by atoms with Gasteiger partial charge in [-0.25, -0.2) is 4.79 Å². The summed E-state index contributed by atoms with van der Waals surface area (Å²) in [7, 11) is 0. The van der Waals surface area contributed by atoms with E-state index in [2.05, 4.69) is 5.32 Å². The molecule has 116 valence electrons. The molecule has 3 nitrogen and oxygen atoms in total. The number of carbonyl (C=O) groups is 1. The number of carboxylic acids is 1. The molecular formula is C16H14F3NO2. The van der Waals surface area contributed by atoms with Gasteiger partial charge >= 0.3 is 12.1 Å². The van der Waals surface area contributed by atoms with E-state index in [1.165, 1.54) is 18.2 Å². The number of halogens is 3. The normalized spacial score (nSPS) is 11.3. The standard InChI is InChI=1S/C16H14F3NO2/c1-10-3-2-4-13(15(21)22)14(10)20-9-11-5-7-12(8-6-11)16(17,18)19/h2-8,20H,9H2,1H3,(H,21,22). The molecule has 0 unspecified atom stereocenters. The van der Waals surface area contributed by atoms with Gasteiger partial charge in [0.05, 0.1) is 16.8 Å². The van der Waals surface area contributed by atoms with Crippen molar-refractivity contribution < 1.29 is 23.1 Å². The van der Waals surface area contributed by atoms with Crippen molar-refractivity contribution >= 4 is 11.7 Å². The van der Waals surface area contributed by atoms with Crippen molar-refractivity contribution in [2.45, 2.75) is 19.6 Å². The minimum Gasteiger partial charge on any atom is -0.478 e. The molecule has 0 bridgehead atoms. The maximum absolute atomic E-state index is 12.5. The van der Waals surface area contributed by atoms with Crippen LogP contribution in [0, 0.1) is 6.92 Å². The molecule has 0 radical (unpaired) electrons. The first kappa shape index (κ1) is 15.9. The molecule has 0 saturated heterocycles. The molecule has 0 saturated carbocycles. The van der Waals surface area contributed by atoms with Crippen LogP contribution in [0.2, 0.25) is 0 Å². The second kappa shape index (κ2) is 6.09. The smallest absolute Gasteiger partial charge is 0.416 e. The van der Waals surface area contributed by atoms with Crippen molar-refractivity contribution in [2.75, 3.05) is 5.32 Å². The van der Waals surface area contributed by atoms with Gasteiger partial charge in [0.25, 0.3) is 0 Å². The summed E-state index contributed by atoms with van der Waals surface area (Å²) >= 11 is 0. The van der Waals surface area contributed by atoms with E-state index in [0.717, 1.165) is 17.7 Å². The van der Waals surface area contributed by atoms with E-state index in [0.29, 0.717) is 11.3 Å². The summed E-state index contributed by atoms with van der Waals surface area (Å²) in [6.07, 6.45) is -4.36. The van der Waals surface area contributed by atoms with Gasteiger partial charge in [0.15, 0.2) is 0 Å². The van der Waals surface area contributed by atoms with Crippen LogP contribution in [-0.2, 0) is 12.7 Å². The monoisotopic (exact) mass is 309 g/mol. The van der Waals surface area contributed by atoms with Gasteiger partial charge in [-0.1, -0.05) is 24.3 Å². The van der Waals surface area contributed by atoms with Crippen LogP contribution in [0.25, 0.3) is 0 Å². The summed E-state index contributed by atoms with van der Waals surface area (Å²) in [5.41, 5.74) is 1.28. The number of hydrogen-bond donors (Lipinski definition) is 2. The molecule has 0 heterocycles. The van der Waals surface area contributed by atoms with Crippen molar-refractivity contribution in [1.29, 1.82) is 0 Å². The molecule has 0 atom stereocenters. The SMILES string of the molecule is Cc1cccc(C(=O)O)c1NCc1ccc(C(F)(F)F)cc1. The highest BCUT2D eigenvalue weighted by Crippen LogP contribution is 2.29. The highest BCUT2D eigenvalue weighted by Gasteiger charge is 2.29. The van der Waals surface area contributed by atoms with Gasteiger partial charge < -0.3 is 10.4 Å². The van der Waals surface area contributed by atoms with Crippen LogP contribution in [0.3, 0.4) is 0 Å². The van der Waals surface area contributed by atoms with Gasteiger partial charge in [-0.05, 0) is 36.2 Å². The van der Waals surface area contributed by atoms with Crippen molar-refractivity contribution in [3.63, 3.8) is 0 Å². The Balaban J connectivity index is 2.16. The van der Waals surface area contributed by atoms with Gasteiger partial charge in [-0.3, -0.25) is 0 Å². The summed E-state index contributed by atoms with van der Waals surface area (Å²) in [6.45, 7) is 2.00. The summed E-state index contributed by atoms with van der Waals surface area (Å²) in [5, 5.41) is 12.1. The number of rotatable bonds is 4. The summed E-state index contributed by atoms with van der Waals surface area (Å²) in [5.74, 6) is -1.06. The number of alkyl halides is 3. The van der Waals surface area contributed by atoms with Crippen LogP contribution in [-0.4, -0.2) is 11.1 Å². The van der Waals surface area contributed by atoms with E-state index in [-0.39, 0.29) is 12.1 Å². The number of anilines is 1. The van der Waals surface area contributed by atoms with Crippen LogP contribution in [0.5, 0.6) is 0 Å². The van der Waals surface area contributed by atoms with Gasteiger partial charge in [-0.2, -0.15) is 13.2 Å². The van der Waals surface area contributed by atoms with E-state index in [1.54, 1.807) is 19.1 Å². The highest BCUT2D eigenvalue weighted by molar-refractivity contribution is 5.95. The molecule has 2 aromatic carbocycles. The third-order valence-electron chi connectivity index (χ3n) is 3.25. The topological polar surface area (TPSA) is 49.3 Å². The van der Waals surface area contributed by atoms with Gasteiger partial charge in [0, 0.05) is 6.54 Å². The molecule has 2 N–H and O–H groups in total. The lowest BCUT2D eigenvalue weighted by atomic mass is 10.1. The van der Waals surface area contributed by atoms with Crippen molar-refractivity contribution in [3.8, 4) is 0 Å². The number of carboxylic acid groups (broad SMARTS) is 1. The Bertz CT molecular complexity index is 679. The zero-order valence-corrected chi connectivity index (χ0v) is 11.7. The van der Waals surface area contributed by atoms with Crippen LogP contribution < -0.4 is 5.32 Å². The number of nitrogens with one attached hydrogen (secondary N) is 1. The lowest BCUT2D eigenvalue weighted by Gasteiger charge is -2.13. The molecular weight excluding hydrogens is 295 g/mol. The van der Waals surface area contributed by atoms with Crippen LogP contribution in [0.15, 0.2) is 42.5 Å². The first-order valence-corrected chi connectivity index (χ1v) is 6.52. The Morgan fingerprint density at radius 1 is 1.14 bits per heavy atom. The average molecular weight is 309 g/mol. The lowest BCUT2D eigenvalue weighted by Crippen LogP contribution is -2.09. The fourth-order valence-corrected chi connectivity index (χ4v) is 2.08. The Kier molecular flexibility index (Phi) is 4.40. The third kappa shape index (κ3) is 3.58. The molecule has 0 spiro atoms. The Morgan fingerprint density at radius 3 is 2.32 bits per heavy atom. The zero-order valence-electron chi connectivity index (χ0n) is 11.7. The maximum atomic E-state index is 12.5. The Hall–Kier alpha value is -2.50. The first-order chi connectivity index (χ1) is 10.3. The quantitative estimate of drug-likeness (QED) is 0.884. The van der Waals surface area contributed by atoms with Crippen LogP contribution in [0.4, 0.5) is 18.9 Å². The van der Waals surface area contributed by atoms with E-state index in [9.17, 15) is 18.0 Å². The second-order valence-electron chi connectivity index (χ2n) is 4.85. The molecule has 2 aromatic rings. The largest absolute Gasteiger partial charge is 0.478 e. The third-order valence-corrected chi connectivity index (χ3v) is 3.25. The highest BCUT2D eigenvalue weighted by atomic mass is 19.4. The lowest BCUT2D eigenvalue weighted by molar-refractivity contribution is -0.137. The Labute approximate surface area is 125 Å². The second-order valence-corrected chi connectivity index (χ2v) is 4.85. The van der Waals surface area contributed by atoms with Gasteiger partial charge in [0.1, 0.15) is 0 Å². The molecule has 0 amide bonds. The van der Waals surface area contributed by atoms with Crippen molar-refractivity contribution in [3.05, 3.63) is 64.7 Å². The molecule has 22 heavy (non-hydrogen) atoms. The maximum Gasteiger partial charge on any atom is 0.416 e. The van der Waals surface area contributed by atoms with E-state index in [4.69, 9.17) is 5.11 Å². The van der Waals surface area contributed by atoms with Crippen LogP contribution in [0.1, 0.15) is 27.0 Å². The van der Waals surface area contributed by atoms with E-state index < -0.39 is 17.7 Å². The predicted molar refractivity (Wildman–Crippen MR) is 76.9 cm³/mol. The molecule has 0 fully saturated rings. The molecule has 2 rings (SSSR count). The summed E-state index contributed by atoms with van der Waals surface area (Å²) in [6, 6.07) is 9.64. The minimum atomic E-state index is -4.36. The molecule has 6 heteroatoms. The summed E-state index contributed by atoms with van der Waals surface area (Å²) in [4.78, 5) is 11.2. The van der Waals surface area contributed by atoms with Crippen molar-refractivity contribution in [1.82, 2.24) is 0 Å². The Morgan fingerprint density at radius 2 is 1.77 bits per heavy atom. The van der Waals surface area contributed by atoms with E-state index in [1.807, 2.05) is 0 Å². The van der Waals surface area contributed by atoms with Gasteiger partial charge in [0.2, 0.25) is 0 Å². The minimum absolute atomic E-state index is 0.131. The average Bonchev–Trinajstić information content (AvgIpc) is 2.45. The molecule has 0 aromatic heterocycles. The molecule has 0 aliphatic rings. The number of aromatic carboxylic acids is 1. The number of benzene rings is 2. The number of aryl methyl sites for hydroxylation is 1. The van der Waals surface area contributed by atoms with Crippen molar-refractivity contribution in [2.24, 2.45) is 0 Å².